The smallest absolute Gasteiger partial charge is 0.345 e. The van der Waals surface area contributed by atoms with Gasteiger partial charge in [0.1, 0.15) is 5.58 Å². The van der Waals surface area contributed by atoms with E-state index in [4.69, 9.17) is 9.40 Å². The molecule has 0 aliphatic rings. The first kappa shape index (κ1) is 18.3. The first-order valence-corrected chi connectivity index (χ1v) is 10.7. The van der Waals surface area contributed by atoms with E-state index in [1.165, 1.54) is 3.57 Å². The summed E-state index contributed by atoms with van der Waals surface area (Å²) in [5.74, 6) is 0.965. The number of fused-ring (bicyclic) bond motifs is 1. The molecule has 2 aromatic heterocycles. The second kappa shape index (κ2) is 7.90. The molecule has 6 heteroatoms. The van der Waals surface area contributed by atoms with Gasteiger partial charge in [-0.25, -0.2) is 9.78 Å². The Hall–Kier alpha value is -2.06. The lowest BCUT2D eigenvalue weighted by atomic mass is 10.1. The number of benzene rings is 2. The number of hydrogen-bond acceptors (Lipinski definition) is 4. The van der Waals surface area contributed by atoms with Crippen molar-refractivity contribution in [2.45, 2.75) is 18.5 Å². The van der Waals surface area contributed by atoms with Crippen LogP contribution in [0.2, 0.25) is 0 Å². The van der Waals surface area contributed by atoms with Crippen LogP contribution in [-0.2, 0) is 0 Å². The summed E-state index contributed by atoms with van der Waals surface area (Å²) in [5.41, 5.74) is 2.36. The highest BCUT2D eigenvalue weighted by atomic mass is 127. The molecule has 0 spiro atoms. The van der Waals surface area contributed by atoms with Crippen LogP contribution in [0.1, 0.15) is 13.3 Å². The maximum Gasteiger partial charge on any atom is 0.345 e. The molecule has 0 fully saturated rings. The van der Waals surface area contributed by atoms with Gasteiger partial charge in [0.15, 0.2) is 5.16 Å². The number of imidazole rings is 1. The van der Waals surface area contributed by atoms with Gasteiger partial charge in [-0.3, -0.25) is 4.57 Å². The van der Waals surface area contributed by atoms with Gasteiger partial charge < -0.3 is 4.42 Å². The molecule has 0 amide bonds. The van der Waals surface area contributed by atoms with Crippen LogP contribution >= 0.6 is 34.4 Å². The number of rotatable bonds is 5. The number of nitrogens with zero attached hydrogens (tertiary/aromatic N) is 2. The SMILES string of the molecule is CCCSc1nc(-c2cc3ccccc3oc2=O)cn1-c1ccc(I)cc1. The zero-order chi connectivity index (χ0) is 18.8. The number of para-hydroxylation sites is 1. The third-order valence-corrected chi connectivity index (χ3v) is 6.01. The summed E-state index contributed by atoms with van der Waals surface area (Å²) in [6.45, 7) is 2.14. The second-order valence-corrected chi connectivity index (χ2v) is 8.40. The van der Waals surface area contributed by atoms with E-state index in [0.29, 0.717) is 16.8 Å². The minimum atomic E-state index is -0.368. The van der Waals surface area contributed by atoms with Gasteiger partial charge in [0.2, 0.25) is 0 Å². The molecular weight excluding hydrogens is 471 g/mol. The van der Waals surface area contributed by atoms with Crippen molar-refractivity contribution in [3.63, 3.8) is 0 Å². The van der Waals surface area contributed by atoms with E-state index in [1.807, 2.05) is 35.0 Å². The zero-order valence-corrected chi connectivity index (χ0v) is 17.7. The lowest BCUT2D eigenvalue weighted by Gasteiger charge is -2.06. The van der Waals surface area contributed by atoms with Crippen LogP contribution in [-0.4, -0.2) is 15.3 Å². The molecule has 4 nitrogen and oxygen atoms in total. The molecule has 27 heavy (non-hydrogen) atoms. The monoisotopic (exact) mass is 488 g/mol. The first-order valence-electron chi connectivity index (χ1n) is 8.67. The zero-order valence-electron chi connectivity index (χ0n) is 14.7. The Balaban J connectivity index is 1.85. The number of hydrogen-bond donors (Lipinski definition) is 0. The molecule has 0 radical (unpaired) electrons. The Morgan fingerprint density at radius 3 is 2.70 bits per heavy atom. The molecule has 0 aliphatic carbocycles. The summed E-state index contributed by atoms with van der Waals surface area (Å²) in [5, 5.41) is 1.76. The molecule has 4 aromatic rings. The average molecular weight is 488 g/mol. The van der Waals surface area contributed by atoms with Crippen LogP contribution in [0.15, 0.2) is 75.2 Å². The Labute approximate surface area is 174 Å². The van der Waals surface area contributed by atoms with Crippen LogP contribution in [0.25, 0.3) is 27.9 Å². The predicted molar refractivity (Wildman–Crippen MR) is 119 cm³/mol. The predicted octanol–water partition coefficient (Wildman–Crippen LogP) is 5.75. The second-order valence-electron chi connectivity index (χ2n) is 6.09. The van der Waals surface area contributed by atoms with E-state index in [2.05, 4.69) is 53.8 Å². The van der Waals surface area contributed by atoms with E-state index >= 15 is 0 Å². The molecule has 0 saturated heterocycles. The quantitative estimate of drug-likeness (QED) is 0.204. The van der Waals surface area contributed by atoms with Crippen molar-refractivity contribution >= 4 is 45.3 Å². The standard InChI is InChI=1S/C21H17IN2O2S/c1-2-11-27-21-23-18(13-24(21)16-9-7-15(22)8-10-16)17-12-14-5-3-4-6-19(14)26-20(17)25/h3-10,12-13H,2,11H2,1H3. The minimum absolute atomic E-state index is 0.368. The molecular formula is C21H17IN2O2S. The Morgan fingerprint density at radius 1 is 1.15 bits per heavy atom. The molecule has 0 saturated carbocycles. The van der Waals surface area contributed by atoms with E-state index in [0.717, 1.165) is 28.4 Å². The van der Waals surface area contributed by atoms with Gasteiger partial charge in [-0.05, 0) is 65.4 Å². The maximum absolute atomic E-state index is 12.5. The molecule has 0 unspecified atom stereocenters. The van der Waals surface area contributed by atoms with Gasteiger partial charge in [-0.15, -0.1) is 0 Å². The normalized spacial score (nSPS) is 11.2. The van der Waals surface area contributed by atoms with Crippen molar-refractivity contribution in [1.29, 1.82) is 0 Å². The molecule has 0 N–H and O–H groups in total. The number of aromatic nitrogens is 2. The van der Waals surface area contributed by atoms with Crippen molar-refractivity contribution in [2.75, 3.05) is 5.75 Å². The van der Waals surface area contributed by atoms with Crippen molar-refractivity contribution in [3.8, 4) is 16.9 Å². The molecule has 2 heterocycles. The molecule has 0 aliphatic heterocycles. The fourth-order valence-electron chi connectivity index (χ4n) is 2.82. The van der Waals surface area contributed by atoms with E-state index in [1.54, 1.807) is 17.8 Å². The van der Waals surface area contributed by atoms with Crippen LogP contribution in [0.5, 0.6) is 0 Å². The lowest BCUT2D eigenvalue weighted by molar-refractivity contribution is 0.563. The highest BCUT2D eigenvalue weighted by molar-refractivity contribution is 14.1. The highest BCUT2D eigenvalue weighted by Gasteiger charge is 2.15. The van der Waals surface area contributed by atoms with Gasteiger partial charge in [-0.1, -0.05) is 36.9 Å². The van der Waals surface area contributed by atoms with E-state index in [-0.39, 0.29) is 5.63 Å². The van der Waals surface area contributed by atoms with E-state index < -0.39 is 0 Å². The fraction of sp³-hybridized carbons (Fsp3) is 0.143. The summed E-state index contributed by atoms with van der Waals surface area (Å²) in [6, 6.07) is 17.6. The Morgan fingerprint density at radius 2 is 1.93 bits per heavy atom. The van der Waals surface area contributed by atoms with Gasteiger partial charge in [0, 0.05) is 26.6 Å². The van der Waals surface area contributed by atoms with Crippen LogP contribution in [0.4, 0.5) is 0 Å². The van der Waals surface area contributed by atoms with Crippen molar-refractivity contribution < 1.29 is 4.42 Å². The highest BCUT2D eigenvalue weighted by Crippen LogP contribution is 2.28. The summed E-state index contributed by atoms with van der Waals surface area (Å²) < 4.78 is 8.70. The molecule has 0 bridgehead atoms. The summed E-state index contributed by atoms with van der Waals surface area (Å²) in [4.78, 5) is 17.3. The fourth-order valence-corrected chi connectivity index (χ4v) is 4.02. The van der Waals surface area contributed by atoms with Gasteiger partial charge in [0.25, 0.3) is 0 Å². The topological polar surface area (TPSA) is 48.0 Å². The van der Waals surface area contributed by atoms with Gasteiger partial charge in [0.05, 0.1) is 11.3 Å². The molecule has 136 valence electrons. The average Bonchev–Trinajstić information content (AvgIpc) is 3.10. The summed E-state index contributed by atoms with van der Waals surface area (Å²) >= 11 is 3.98. The Kier molecular flexibility index (Phi) is 5.36. The van der Waals surface area contributed by atoms with Crippen LogP contribution < -0.4 is 5.63 Å². The van der Waals surface area contributed by atoms with E-state index in [9.17, 15) is 4.79 Å². The number of halogens is 1. The lowest BCUT2D eigenvalue weighted by Crippen LogP contribution is -2.02. The number of thioether (sulfide) groups is 1. The Bertz CT molecular complexity index is 1150. The largest absolute Gasteiger partial charge is 0.422 e. The molecule has 0 atom stereocenters. The van der Waals surface area contributed by atoms with Gasteiger partial charge >= 0.3 is 5.63 Å². The van der Waals surface area contributed by atoms with Crippen LogP contribution in [0, 0.1) is 3.57 Å². The van der Waals surface area contributed by atoms with Crippen molar-refractivity contribution in [2.24, 2.45) is 0 Å². The van der Waals surface area contributed by atoms with Gasteiger partial charge in [-0.2, -0.15) is 0 Å². The molecule has 2 aromatic carbocycles. The van der Waals surface area contributed by atoms with Crippen LogP contribution in [0.3, 0.4) is 0 Å². The van der Waals surface area contributed by atoms with Crippen molar-refractivity contribution in [1.82, 2.24) is 9.55 Å². The maximum atomic E-state index is 12.5. The summed E-state index contributed by atoms with van der Waals surface area (Å²) in [7, 11) is 0. The third kappa shape index (κ3) is 3.82. The third-order valence-electron chi connectivity index (χ3n) is 4.13. The molecule has 4 rings (SSSR count). The first-order chi connectivity index (χ1) is 13.2. The van der Waals surface area contributed by atoms with Crippen molar-refractivity contribution in [3.05, 3.63) is 74.8 Å². The summed E-state index contributed by atoms with van der Waals surface area (Å²) in [6.07, 6.45) is 2.97. The minimum Gasteiger partial charge on any atom is -0.422 e.